The average molecular weight is 333 g/mol. The van der Waals surface area contributed by atoms with Crippen LogP contribution < -0.4 is 10.2 Å². The Morgan fingerprint density at radius 2 is 2.10 bits per heavy atom. The molecule has 20 heavy (non-hydrogen) atoms. The predicted molar refractivity (Wildman–Crippen MR) is 85.3 cm³/mol. The first-order valence-electron chi connectivity index (χ1n) is 6.78. The first-order valence-corrected chi connectivity index (χ1v) is 7.57. The van der Waals surface area contributed by atoms with Crippen molar-refractivity contribution in [3.8, 4) is 0 Å². The third-order valence-electron chi connectivity index (χ3n) is 3.71. The van der Waals surface area contributed by atoms with Gasteiger partial charge in [-0.1, -0.05) is 30.3 Å². The number of hydrogen-bond acceptors (Lipinski definition) is 4. The summed E-state index contributed by atoms with van der Waals surface area (Å²) >= 11 is 3.55. The number of hydrogen-bond donors (Lipinski definition) is 1. The molecule has 104 valence electrons. The lowest BCUT2D eigenvalue weighted by atomic mass is 9.99. The maximum atomic E-state index is 4.56. The summed E-state index contributed by atoms with van der Waals surface area (Å²) in [6.07, 6.45) is 2.97. The Kier molecular flexibility index (Phi) is 3.87. The minimum atomic E-state index is 0.580. The highest BCUT2D eigenvalue weighted by molar-refractivity contribution is 9.10. The summed E-state index contributed by atoms with van der Waals surface area (Å²) in [4.78, 5) is 11.1. The molecule has 2 heterocycles. The number of halogens is 1. The van der Waals surface area contributed by atoms with Crippen molar-refractivity contribution in [1.82, 2.24) is 9.97 Å². The molecule has 4 nitrogen and oxygen atoms in total. The van der Waals surface area contributed by atoms with Gasteiger partial charge < -0.3 is 10.2 Å². The lowest BCUT2D eigenvalue weighted by Gasteiger charge is -2.19. The molecule has 5 heteroatoms. The molecule has 0 saturated carbocycles. The largest absolute Gasteiger partial charge is 0.357 e. The van der Waals surface area contributed by atoms with Gasteiger partial charge in [-0.2, -0.15) is 4.98 Å². The Morgan fingerprint density at radius 3 is 2.85 bits per heavy atom. The van der Waals surface area contributed by atoms with Crippen LogP contribution >= 0.6 is 15.9 Å². The van der Waals surface area contributed by atoms with E-state index in [1.54, 1.807) is 0 Å². The fourth-order valence-corrected chi connectivity index (χ4v) is 3.09. The molecule has 1 aromatic heterocycles. The van der Waals surface area contributed by atoms with E-state index < -0.39 is 0 Å². The monoisotopic (exact) mass is 332 g/mol. The summed E-state index contributed by atoms with van der Waals surface area (Å²) in [5.74, 6) is 2.21. The Labute approximate surface area is 127 Å². The van der Waals surface area contributed by atoms with Crippen LogP contribution in [0.3, 0.4) is 0 Å². The van der Waals surface area contributed by atoms with E-state index in [0.29, 0.717) is 11.9 Å². The zero-order valence-electron chi connectivity index (χ0n) is 11.4. The molecule has 1 aliphatic rings. The standard InChI is InChI=1S/C15H17BrN4/c1-17-15-18-9-13(16)14(19-15)20-8-7-12(10-20)11-5-3-2-4-6-11/h2-6,9,12H,7-8,10H2,1H3,(H,17,18,19). The van der Waals surface area contributed by atoms with E-state index in [-0.39, 0.29) is 0 Å². The lowest BCUT2D eigenvalue weighted by Crippen LogP contribution is -2.21. The Hall–Kier alpha value is -1.62. The van der Waals surface area contributed by atoms with Crippen LogP contribution in [-0.4, -0.2) is 30.1 Å². The average Bonchev–Trinajstić information content (AvgIpc) is 2.98. The Bertz CT molecular complexity index is 588. The van der Waals surface area contributed by atoms with Crippen molar-refractivity contribution in [2.75, 3.05) is 30.4 Å². The van der Waals surface area contributed by atoms with Gasteiger partial charge in [0.1, 0.15) is 5.82 Å². The third kappa shape index (κ3) is 2.63. The van der Waals surface area contributed by atoms with Crippen LogP contribution in [-0.2, 0) is 0 Å². The van der Waals surface area contributed by atoms with Crippen molar-refractivity contribution in [3.05, 3.63) is 46.6 Å². The Balaban J connectivity index is 1.80. The molecular weight excluding hydrogens is 316 g/mol. The maximum Gasteiger partial charge on any atom is 0.224 e. The second-order valence-electron chi connectivity index (χ2n) is 4.96. The van der Waals surface area contributed by atoms with Crippen molar-refractivity contribution < 1.29 is 0 Å². The van der Waals surface area contributed by atoms with Crippen LogP contribution in [0.1, 0.15) is 17.9 Å². The van der Waals surface area contributed by atoms with Crippen LogP contribution in [0.25, 0.3) is 0 Å². The molecule has 0 radical (unpaired) electrons. The Morgan fingerprint density at radius 1 is 1.30 bits per heavy atom. The van der Waals surface area contributed by atoms with Crippen molar-refractivity contribution >= 4 is 27.7 Å². The van der Waals surface area contributed by atoms with Crippen LogP contribution in [0, 0.1) is 0 Å². The second kappa shape index (κ2) is 5.79. The molecule has 1 unspecified atom stereocenters. The highest BCUT2D eigenvalue weighted by atomic mass is 79.9. The highest BCUT2D eigenvalue weighted by Gasteiger charge is 2.26. The van der Waals surface area contributed by atoms with E-state index in [9.17, 15) is 0 Å². The van der Waals surface area contributed by atoms with Gasteiger partial charge in [0.15, 0.2) is 0 Å². The van der Waals surface area contributed by atoms with Gasteiger partial charge in [-0.3, -0.25) is 0 Å². The van der Waals surface area contributed by atoms with Gasteiger partial charge in [-0.15, -0.1) is 0 Å². The summed E-state index contributed by atoms with van der Waals surface area (Å²) in [6, 6.07) is 10.7. The summed E-state index contributed by atoms with van der Waals surface area (Å²) in [7, 11) is 1.84. The van der Waals surface area contributed by atoms with E-state index in [1.165, 1.54) is 5.56 Å². The number of nitrogens with one attached hydrogen (secondary N) is 1. The summed E-state index contributed by atoms with van der Waals surface area (Å²) in [5, 5.41) is 2.99. The van der Waals surface area contributed by atoms with Crippen molar-refractivity contribution in [3.63, 3.8) is 0 Å². The predicted octanol–water partition coefficient (Wildman–Crippen LogP) is 3.27. The van der Waals surface area contributed by atoms with Gasteiger partial charge in [0.25, 0.3) is 0 Å². The van der Waals surface area contributed by atoms with Crippen LogP contribution in [0.5, 0.6) is 0 Å². The van der Waals surface area contributed by atoms with Gasteiger partial charge in [-0.25, -0.2) is 4.98 Å². The molecule has 1 N–H and O–H groups in total. The molecular formula is C15H17BrN4. The molecule has 1 fully saturated rings. The molecule has 0 amide bonds. The van der Waals surface area contributed by atoms with Gasteiger partial charge in [0, 0.05) is 32.3 Å². The second-order valence-corrected chi connectivity index (χ2v) is 5.81. The maximum absolute atomic E-state index is 4.56. The third-order valence-corrected chi connectivity index (χ3v) is 4.27. The topological polar surface area (TPSA) is 41.1 Å². The minimum absolute atomic E-state index is 0.580. The summed E-state index contributed by atoms with van der Waals surface area (Å²) in [6.45, 7) is 2.03. The fourth-order valence-electron chi connectivity index (χ4n) is 2.65. The van der Waals surface area contributed by atoms with E-state index in [0.717, 1.165) is 29.8 Å². The molecule has 2 aromatic rings. The minimum Gasteiger partial charge on any atom is -0.357 e. The van der Waals surface area contributed by atoms with Crippen LogP contribution in [0.15, 0.2) is 41.0 Å². The van der Waals surface area contributed by atoms with Crippen molar-refractivity contribution in [2.24, 2.45) is 0 Å². The van der Waals surface area contributed by atoms with Crippen LogP contribution in [0.2, 0.25) is 0 Å². The number of rotatable bonds is 3. The normalized spacial score (nSPS) is 18.3. The zero-order valence-corrected chi connectivity index (χ0v) is 13.0. The molecule has 3 rings (SSSR count). The molecule has 0 aliphatic carbocycles. The number of anilines is 2. The summed E-state index contributed by atoms with van der Waals surface area (Å²) in [5.41, 5.74) is 1.41. The smallest absolute Gasteiger partial charge is 0.224 e. The molecule has 0 spiro atoms. The van der Waals surface area contributed by atoms with Gasteiger partial charge in [-0.05, 0) is 27.9 Å². The number of nitrogens with zero attached hydrogens (tertiary/aromatic N) is 3. The van der Waals surface area contributed by atoms with E-state index in [1.807, 2.05) is 13.2 Å². The molecule has 1 aliphatic heterocycles. The van der Waals surface area contributed by atoms with Gasteiger partial charge in [0.2, 0.25) is 5.95 Å². The molecule has 1 atom stereocenters. The fraction of sp³-hybridized carbons (Fsp3) is 0.333. The number of aromatic nitrogens is 2. The number of benzene rings is 1. The quantitative estimate of drug-likeness (QED) is 0.936. The van der Waals surface area contributed by atoms with E-state index in [2.05, 4.69) is 66.4 Å². The van der Waals surface area contributed by atoms with E-state index in [4.69, 9.17) is 0 Å². The van der Waals surface area contributed by atoms with Gasteiger partial charge in [0.05, 0.1) is 4.47 Å². The molecule has 0 bridgehead atoms. The highest BCUT2D eigenvalue weighted by Crippen LogP contribution is 2.33. The van der Waals surface area contributed by atoms with Crippen molar-refractivity contribution in [2.45, 2.75) is 12.3 Å². The lowest BCUT2D eigenvalue weighted by molar-refractivity contribution is 0.774. The van der Waals surface area contributed by atoms with Crippen molar-refractivity contribution in [1.29, 1.82) is 0 Å². The SMILES string of the molecule is CNc1ncc(Br)c(N2CCC(c3ccccc3)C2)n1. The zero-order chi connectivity index (χ0) is 13.9. The van der Waals surface area contributed by atoms with E-state index >= 15 is 0 Å². The molecule has 1 saturated heterocycles. The molecule has 1 aromatic carbocycles. The van der Waals surface area contributed by atoms with Crippen LogP contribution in [0.4, 0.5) is 11.8 Å². The summed E-state index contributed by atoms with van der Waals surface area (Å²) < 4.78 is 0.949. The first kappa shape index (κ1) is 13.4. The first-order chi connectivity index (χ1) is 9.78. The van der Waals surface area contributed by atoms with Gasteiger partial charge >= 0.3 is 0 Å².